The van der Waals surface area contributed by atoms with E-state index in [4.69, 9.17) is 5.26 Å². The molecule has 0 aliphatic carbocycles. The second-order valence-electron chi connectivity index (χ2n) is 2.69. The Kier molecular flexibility index (Phi) is 2.97. The van der Waals surface area contributed by atoms with Crippen molar-refractivity contribution in [2.45, 2.75) is 6.92 Å². The maximum atomic E-state index is 13.3. The standard InChI is InChI=1S/C10H8F2N/c1-7(5-11)9-4-2-3-8(6-13)10(9)12/h2-4H,5H2,1H3. The molecule has 0 atom stereocenters. The molecule has 1 aromatic carbocycles. The molecule has 0 N–H and O–H groups in total. The van der Waals surface area contributed by atoms with Gasteiger partial charge in [0.2, 0.25) is 0 Å². The predicted molar refractivity (Wildman–Crippen MR) is 45.1 cm³/mol. The Balaban J connectivity index is 3.17. The van der Waals surface area contributed by atoms with Crippen LogP contribution in [0.2, 0.25) is 0 Å². The number of halogens is 2. The molecule has 0 aromatic heterocycles. The summed E-state index contributed by atoms with van der Waals surface area (Å²) >= 11 is 0. The summed E-state index contributed by atoms with van der Waals surface area (Å²) in [6.45, 7) is 0.797. The van der Waals surface area contributed by atoms with E-state index in [0.717, 1.165) is 0 Å². The first kappa shape index (κ1) is 9.66. The lowest BCUT2D eigenvalue weighted by molar-refractivity contribution is 0.507. The van der Waals surface area contributed by atoms with E-state index in [2.05, 4.69) is 0 Å². The highest BCUT2D eigenvalue weighted by atomic mass is 19.1. The molecule has 0 heterocycles. The Bertz CT molecular complexity index is 341. The molecular weight excluding hydrogens is 172 g/mol. The quantitative estimate of drug-likeness (QED) is 0.686. The van der Waals surface area contributed by atoms with Crippen LogP contribution in [-0.2, 0) is 0 Å². The van der Waals surface area contributed by atoms with Crippen molar-refractivity contribution in [3.63, 3.8) is 0 Å². The van der Waals surface area contributed by atoms with Gasteiger partial charge < -0.3 is 0 Å². The first-order chi connectivity index (χ1) is 6.20. The topological polar surface area (TPSA) is 23.8 Å². The molecule has 0 saturated carbocycles. The van der Waals surface area contributed by atoms with Gasteiger partial charge in [0.1, 0.15) is 11.9 Å². The molecular formula is C10H8F2N. The minimum atomic E-state index is -0.703. The zero-order valence-corrected chi connectivity index (χ0v) is 7.14. The average molecular weight is 180 g/mol. The molecule has 1 rings (SSSR count). The fourth-order valence-electron chi connectivity index (χ4n) is 1.02. The minimum Gasteiger partial charge on any atom is -0.250 e. The Morgan fingerprint density at radius 2 is 2.23 bits per heavy atom. The Morgan fingerprint density at radius 1 is 1.54 bits per heavy atom. The van der Waals surface area contributed by atoms with Crippen LogP contribution in [-0.4, -0.2) is 6.67 Å². The number of rotatable bonds is 2. The van der Waals surface area contributed by atoms with E-state index in [1.165, 1.54) is 25.1 Å². The highest BCUT2D eigenvalue weighted by Crippen LogP contribution is 2.20. The van der Waals surface area contributed by atoms with Crippen LogP contribution < -0.4 is 0 Å². The summed E-state index contributed by atoms with van der Waals surface area (Å²) in [5.74, 6) is -0.338. The molecule has 3 heteroatoms. The fraction of sp³-hybridized carbons (Fsp3) is 0.200. The van der Waals surface area contributed by atoms with Crippen molar-refractivity contribution in [3.05, 3.63) is 41.1 Å². The first-order valence-electron chi connectivity index (χ1n) is 3.78. The molecule has 67 valence electrons. The van der Waals surface area contributed by atoms with E-state index < -0.39 is 12.5 Å². The molecule has 0 saturated heterocycles. The van der Waals surface area contributed by atoms with Crippen molar-refractivity contribution in [2.24, 2.45) is 0 Å². The van der Waals surface area contributed by atoms with Crippen molar-refractivity contribution in [3.8, 4) is 6.07 Å². The van der Waals surface area contributed by atoms with Crippen molar-refractivity contribution in [1.82, 2.24) is 0 Å². The second-order valence-corrected chi connectivity index (χ2v) is 2.69. The lowest BCUT2D eigenvalue weighted by Crippen LogP contribution is -2.01. The van der Waals surface area contributed by atoms with Crippen LogP contribution in [0.1, 0.15) is 18.1 Å². The van der Waals surface area contributed by atoms with Gasteiger partial charge in [0.05, 0.1) is 12.2 Å². The molecule has 0 aliphatic rings. The molecule has 1 aromatic rings. The van der Waals surface area contributed by atoms with Gasteiger partial charge in [0.25, 0.3) is 0 Å². The Hall–Kier alpha value is -1.43. The minimum absolute atomic E-state index is 0.0506. The number of benzene rings is 1. The third-order valence-electron chi connectivity index (χ3n) is 1.78. The molecule has 1 nitrogen and oxygen atoms in total. The summed E-state index contributed by atoms with van der Waals surface area (Å²) in [7, 11) is 0. The smallest absolute Gasteiger partial charge is 0.144 e. The highest BCUT2D eigenvalue weighted by Gasteiger charge is 2.13. The fourth-order valence-corrected chi connectivity index (χ4v) is 1.02. The van der Waals surface area contributed by atoms with Gasteiger partial charge in [-0.1, -0.05) is 19.1 Å². The van der Waals surface area contributed by atoms with Crippen LogP contribution in [0.3, 0.4) is 0 Å². The van der Waals surface area contributed by atoms with Crippen LogP contribution in [0.25, 0.3) is 0 Å². The summed E-state index contributed by atoms with van der Waals surface area (Å²) in [5.41, 5.74) is 0.131. The van der Waals surface area contributed by atoms with E-state index in [1.54, 1.807) is 6.07 Å². The summed E-state index contributed by atoms with van der Waals surface area (Å²) in [5, 5.41) is 8.50. The van der Waals surface area contributed by atoms with Crippen molar-refractivity contribution in [2.75, 3.05) is 6.67 Å². The third-order valence-corrected chi connectivity index (χ3v) is 1.78. The van der Waals surface area contributed by atoms with Crippen LogP contribution >= 0.6 is 0 Å². The van der Waals surface area contributed by atoms with Gasteiger partial charge in [0, 0.05) is 5.92 Å². The number of hydrogen-bond acceptors (Lipinski definition) is 1. The summed E-state index contributed by atoms with van der Waals surface area (Å²) in [6.07, 6.45) is 0. The summed E-state index contributed by atoms with van der Waals surface area (Å²) in [4.78, 5) is 0. The molecule has 0 aliphatic heterocycles. The van der Waals surface area contributed by atoms with Crippen LogP contribution in [0.15, 0.2) is 18.2 Å². The molecule has 0 amide bonds. The van der Waals surface area contributed by atoms with Crippen LogP contribution in [0.4, 0.5) is 8.78 Å². The number of hydrogen-bond donors (Lipinski definition) is 0. The Morgan fingerprint density at radius 3 is 2.77 bits per heavy atom. The summed E-state index contributed by atoms with van der Waals surface area (Å²) < 4.78 is 25.5. The zero-order valence-electron chi connectivity index (χ0n) is 7.14. The van der Waals surface area contributed by atoms with E-state index in [-0.39, 0.29) is 11.1 Å². The lowest BCUT2D eigenvalue weighted by Gasteiger charge is -2.07. The predicted octanol–water partition coefficient (Wildman–Crippen LogP) is 2.61. The van der Waals surface area contributed by atoms with Gasteiger partial charge in [0.15, 0.2) is 0 Å². The first-order valence-corrected chi connectivity index (χ1v) is 3.78. The third kappa shape index (κ3) is 1.83. The van der Waals surface area contributed by atoms with E-state index in [1.807, 2.05) is 0 Å². The molecule has 0 unspecified atom stereocenters. The molecule has 1 radical (unpaired) electrons. The van der Waals surface area contributed by atoms with E-state index in [9.17, 15) is 8.78 Å². The molecule has 0 fully saturated rings. The van der Waals surface area contributed by atoms with Gasteiger partial charge in [-0.2, -0.15) is 5.26 Å². The van der Waals surface area contributed by atoms with Crippen molar-refractivity contribution in [1.29, 1.82) is 5.26 Å². The van der Waals surface area contributed by atoms with Gasteiger partial charge in [-0.15, -0.1) is 0 Å². The van der Waals surface area contributed by atoms with Crippen molar-refractivity contribution >= 4 is 0 Å². The number of nitriles is 1. The normalized spacial score (nSPS) is 10.1. The van der Waals surface area contributed by atoms with Gasteiger partial charge in [-0.3, -0.25) is 4.39 Å². The lowest BCUT2D eigenvalue weighted by atomic mass is 10.00. The number of nitrogens with zero attached hydrogens (tertiary/aromatic N) is 1. The van der Waals surface area contributed by atoms with Crippen molar-refractivity contribution < 1.29 is 8.78 Å². The molecule has 0 spiro atoms. The maximum absolute atomic E-state index is 13.3. The zero-order chi connectivity index (χ0) is 9.84. The van der Waals surface area contributed by atoms with Crippen LogP contribution in [0.5, 0.6) is 0 Å². The van der Waals surface area contributed by atoms with Gasteiger partial charge in [-0.25, -0.2) is 4.39 Å². The van der Waals surface area contributed by atoms with Crippen LogP contribution in [0, 0.1) is 23.1 Å². The number of alkyl halides is 1. The highest BCUT2D eigenvalue weighted by molar-refractivity contribution is 5.40. The SMILES string of the molecule is C[C](CF)c1cccc(C#N)c1F. The monoisotopic (exact) mass is 180 g/mol. The van der Waals surface area contributed by atoms with E-state index >= 15 is 0 Å². The average Bonchev–Trinajstić information content (AvgIpc) is 2.17. The molecule has 13 heavy (non-hydrogen) atoms. The second kappa shape index (κ2) is 3.99. The molecule has 0 bridgehead atoms. The Labute approximate surface area is 75.6 Å². The van der Waals surface area contributed by atoms with E-state index in [0.29, 0.717) is 5.92 Å². The maximum Gasteiger partial charge on any atom is 0.144 e. The van der Waals surface area contributed by atoms with Gasteiger partial charge in [-0.05, 0) is 11.6 Å². The largest absolute Gasteiger partial charge is 0.250 e. The summed E-state index contributed by atoms with van der Waals surface area (Å²) in [6, 6.07) is 6.07. The van der Waals surface area contributed by atoms with Gasteiger partial charge >= 0.3 is 0 Å².